The van der Waals surface area contributed by atoms with Crippen molar-refractivity contribution in [3.05, 3.63) is 64.0 Å². The normalized spacial score (nSPS) is 14.3. The molecule has 5 rings (SSSR count). The molecule has 132 valence electrons. The number of hydrogen-bond donors (Lipinski definition) is 0. The lowest BCUT2D eigenvalue weighted by molar-refractivity contribution is 0.635. The van der Waals surface area contributed by atoms with E-state index in [1.165, 1.54) is 23.3 Å². The van der Waals surface area contributed by atoms with Crippen LogP contribution in [0, 0.1) is 6.92 Å². The second kappa shape index (κ2) is 6.55. The van der Waals surface area contributed by atoms with Gasteiger partial charge >= 0.3 is 0 Å². The van der Waals surface area contributed by atoms with Crippen LogP contribution < -0.4 is 0 Å². The number of nitrogens with zero attached hydrogens (tertiary/aromatic N) is 5. The molecule has 0 unspecified atom stereocenters. The minimum Gasteiger partial charge on any atom is -0.307 e. The van der Waals surface area contributed by atoms with Crippen LogP contribution in [0.2, 0.25) is 0 Å². The maximum atomic E-state index is 4.71. The summed E-state index contributed by atoms with van der Waals surface area (Å²) < 4.78 is 4.45. The van der Waals surface area contributed by atoms with Crippen molar-refractivity contribution in [2.45, 2.75) is 43.1 Å². The van der Waals surface area contributed by atoms with Crippen LogP contribution in [0.3, 0.4) is 0 Å². The molecule has 0 amide bonds. The topological polar surface area (TPSA) is 48.0 Å². The zero-order chi connectivity index (χ0) is 17.5. The van der Waals surface area contributed by atoms with Crippen LogP contribution in [-0.4, -0.2) is 24.1 Å². The highest BCUT2D eigenvalue weighted by molar-refractivity contribution is 7.98. The van der Waals surface area contributed by atoms with E-state index in [9.17, 15) is 0 Å². The molecule has 0 spiro atoms. The molecule has 4 heterocycles. The molecule has 0 atom stereocenters. The van der Waals surface area contributed by atoms with Crippen LogP contribution in [0.15, 0.2) is 47.2 Å². The molecule has 5 nitrogen and oxygen atoms in total. The zero-order valence-corrected chi connectivity index (χ0v) is 16.1. The summed E-state index contributed by atoms with van der Waals surface area (Å²) in [6, 6.07) is 9.00. The lowest BCUT2D eigenvalue weighted by Gasteiger charge is -2.07. The summed E-state index contributed by atoms with van der Waals surface area (Å²) in [4.78, 5) is 6.05. The van der Waals surface area contributed by atoms with Crippen LogP contribution >= 0.6 is 23.1 Å². The van der Waals surface area contributed by atoms with Crippen LogP contribution in [0.1, 0.15) is 40.8 Å². The number of hydrogen-bond acceptors (Lipinski definition) is 5. The minimum absolute atomic E-state index is 0.575. The van der Waals surface area contributed by atoms with Crippen molar-refractivity contribution in [3.63, 3.8) is 0 Å². The lowest BCUT2D eigenvalue weighted by Crippen LogP contribution is -2.03. The summed E-state index contributed by atoms with van der Waals surface area (Å²) in [5, 5.41) is 12.1. The van der Waals surface area contributed by atoms with Gasteiger partial charge in [0.25, 0.3) is 0 Å². The molecule has 1 saturated carbocycles. The molecular weight excluding hydrogens is 362 g/mol. The fraction of sp³-hybridized carbons (Fsp3) is 0.316. The molecule has 1 fully saturated rings. The van der Waals surface area contributed by atoms with Gasteiger partial charge in [-0.15, -0.1) is 21.5 Å². The van der Waals surface area contributed by atoms with Crippen LogP contribution in [-0.2, 0) is 12.2 Å². The predicted octanol–water partition coefficient (Wildman–Crippen LogP) is 4.51. The molecule has 26 heavy (non-hydrogen) atoms. The van der Waals surface area contributed by atoms with Crippen LogP contribution in [0.5, 0.6) is 0 Å². The van der Waals surface area contributed by atoms with Crippen molar-refractivity contribution in [2.75, 3.05) is 0 Å². The largest absolute Gasteiger partial charge is 0.307 e. The minimum atomic E-state index is 0.575. The summed E-state index contributed by atoms with van der Waals surface area (Å²) in [5.74, 6) is 1.90. The van der Waals surface area contributed by atoms with E-state index in [0.29, 0.717) is 6.04 Å². The molecule has 0 saturated heterocycles. The Balaban J connectivity index is 1.37. The summed E-state index contributed by atoms with van der Waals surface area (Å²) >= 11 is 3.52. The van der Waals surface area contributed by atoms with E-state index in [-0.39, 0.29) is 0 Å². The van der Waals surface area contributed by atoms with Crippen LogP contribution in [0.4, 0.5) is 0 Å². The third-order valence-electron chi connectivity index (χ3n) is 4.56. The maximum absolute atomic E-state index is 4.71. The van der Waals surface area contributed by atoms with Gasteiger partial charge in [-0.2, -0.15) is 0 Å². The highest BCUT2D eigenvalue weighted by Gasteiger charge is 2.29. The van der Waals surface area contributed by atoms with E-state index in [1.807, 2.05) is 0 Å². The van der Waals surface area contributed by atoms with Crippen molar-refractivity contribution >= 4 is 28.7 Å². The van der Waals surface area contributed by atoms with E-state index >= 15 is 0 Å². The van der Waals surface area contributed by atoms with Gasteiger partial charge in [0.1, 0.15) is 11.5 Å². The fourth-order valence-corrected chi connectivity index (χ4v) is 4.77. The molecule has 4 aromatic heterocycles. The number of thiophene rings is 1. The van der Waals surface area contributed by atoms with Crippen molar-refractivity contribution in [1.82, 2.24) is 24.1 Å². The third kappa shape index (κ3) is 3.17. The van der Waals surface area contributed by atoms with Gasteiger partial charge in [-0.3, -0.25) is 0 Å². The maximum Gasteiger partial charge on any atom is 0.191 e. The number of thioether (sulfide) groups is 1. The molecule has 0 N–H and O–H groups in total. The molecule has 0 bridgehead atoms. The first-order valence-corrected chi connectivity index (χ1v) is 10.7. The summed E-state index contributed by atoms with van der Waals surface area (Å²) in [6.45, 7) is 2.10. The van der Waals surface area contributed by atoms with Gasteiger partial charge in [0.05, 0.1) is 5.69 Å². The molecule has 0 aliphatic heterocycles. The zero-order valence-electron chi connectivity index (χ0n) is 14.5. The Morgan fingerprint density at radius 2 is 2.12 bits per heavy atom. The van der Waals surface area contributed by atoms with Gasteiger partial charge in [-0.05, 0) is 42.8 Å². The summed E-state index contributed by atoms with van der Waals surface area (Å²) in [7, 11) is 0. The van der Waals surface area contributed by atoms with Crippen LogP contribution in [0.25, 0.3) is 5.65 Å². The average molecular weight is 382 g/mol. The third-order valence-corrected chi connectivity index (χ3v) is 6.41. The number of rotatable bonds is 6. The van der Waals surface area contributed by atoms with Crippen molar-refractivity contribution in [3.8, 4) is 0 Å². The summed E-state index contributed by atoms with van der Waals surface area (Å²) in [5.41, 5.74) is 3.31. The van der Waals surface area contributed by atoms with Crippen molar-refractivity contribution in [2.24, 2.45) is 0 Å². The Hall–Kier alpha value is -2.12. The monoisotopic (exact) mass is 381 g/mol. The quantitative estimate of drug-likeness (QED) is 0.461. The van der Waals surface area contributed by atoms with Gasteiger partial charge in [0.2, 0.25) is 0 Å². The van der Waals surface area contributed by atoms with E-state index in [2.05, 4.69) is 68.1 Å². The first-order chi connectivity index (χ1) is 12.8. The summed E-state index contributed by atoms with van der Waals surface area (Å²) in [6.07, 6.45) is 7.56. The van der Waals surface area contributed by atoms with Gasteiger partial charge in [-0.25, -0.2) is 4.98 Å². The number of imidazole rings is 1. The smallest absolute Gasteiger partial charge is 0.191 e. The standard InChI is InChI=1S/C19H19N5S2/c1-13-4-7-17-20-14(11-23(17)10-13)12-26-19-22-21-18(24(19)15-5-6-15)9-16-3-2-8-25-16/h2-4,7-8,10-11,15H,5-6,9,12H2,1H3. The number of aromatic nitrogens is 5. The molecule has 1 aliphatic carbocycles. The fourth-order valence-electron chi connectivity index (χ4n) is 3.16. The Morgan fingerprint density at radius 1 is 1.19 bits per heavy atom. The molecule has 1 aliphatic rings. The van der Waals surface area contributed by atoms with Gasteiger partial charge in [0.15, 0.2) is 5.16 Å². The Bertz CT molecular complexity index is 1040. The number of pyridine rings is 1. The SMILES string of the molecule is Cc1ccc2nc(CSc3nnc(Cc4cccs4)n3C3CC3)cn2c1. The van der Waals surface area contributed by atoms with Gasteiger partial charge < -0.3 is 8.97 Å². The molecule has 7 heteroatoms. The molecular formula is C19H19N5S2. The van der Waals surface area contributed by atoms with E-state index in [1.54, 1.807) is 23.1 Å². The number of fused-ring (bicyclic) bond motifs is 1. The second-order valence-electron chi connectivity index (χ2n) is 6.75. The Labute approximate surface area is 160 Å². The van der Waals surface area contributed by atoms with Gasteiger partial charge in [0, 0.05) is 35.5 Å². The molecule has 0 aromatic carbocycles. The Morgan fingerprint density at radius 3 is 2.92 bits per heavy atom. The average Bonchev–Trinajstić information content (AvgIpc) is 3.04. The predicted molar refractivity (Wildman–Crippen MR) is 105 cm³/mol. The molecule has 0 radical (unpaired) electrons. The van der Waals surface area contributed by atoms with E-state index in [0.717, 1.165) is 34.5 Å². The van der Waals surface area contributed by atoms with E-state index < -0.39 is 0 Å². The van der Waals surface area contributed by atoms with Gasteiger partial charge in [-0.1, -0.05) is 23.9 Å². The highest BCUT2D eigenvalue weighted by Crippen LogP contribution is 2.39. The number of aryl methyl sites for hydroxylation is 1. The molecule has 4 aromatic rings. The highest BCUT2D eigenvalue weighted by atomic mass is 32.2. The first-order valence-electron chi connectivity index (χ1n) is 8.79. The van der Waals surface area contributed by atoms with E-state index in [4.69, 9.17) is 4.98 Å². The second-order valence-corrected chi connectivity index (χ2v) is 8.72. The Kier molecular flexibility index (Phi) is 4.05. The van der Waals surface area contributed by atoms with Crippen molar-refractivity contribution < 1.29 is 0 Å². The lowest BCUT2D eigenvalue weighted by atomic mass is 10.3. The first kappa shape index (κ1) is 16.1. The van der Waals surface area contributed by atoms with Crippen molar-refractivity contribution in [1.29, 1.82) is 0 Å².